The lowest BCUT2D eigenvalue weighted by Crippen LogP contribution is -2.39. The van der Waals surface area contributed by atoms with Crippen molar-refractivity contribution in [1.82, 2.24) is 9.55 Å². The van der Waals surface area contributed by atoms with Gasteiger partial charge in [0.1, 0.15) is 5.82 Å². The molecule has 1 aromatic rings. The third-order valence-corrected chi connectivity index (χ3v) is 3.26. The quantitative estimate of drug-likeness (QED) is 0.721. The highest BCUT2D eigenvalue weighted by Gasteiger charge is 2.27. The van der Waals surface area contributed by atoms with Crippen LogP contribution < -0.4 is 11.3 Å². The topological polar surface area (TPSA) is 60.9 Å². The van der Waals surface area contributed by atoms with Crippen LogP contribution >= 0.6 is 0 Å². The second-order valence-corrected chi connectivity index (χ2v) is 4.62. The molecule has 1 aliphatic heterocycles. The van der Waals surface area contributed by atoms with E-state index in [9.17, 15) is 4.79 Å². The number of hydrogen-bond acceptors (Lipinski definition) is 3. The Balaban J connectivity index is 2.06. The summed E-state index contributed by atoms with van der Waals surface area (Å²) < 4.78 is 1.74. The summed E-state index contributed by atoms with van der Waals surface area (Å²) in [7, 11) is 0. The Kier molecular flexibility index (Phi) is 1.92. The predicted octanol–water partition coefficient (Wildman–Crippen LogP) is 0.394. The molecule has 0 spiro atoms. The molecule has 2 aliphatic rings. The van der Waals surface area contributed by atoms with Crippen molar-refractivity contribution in [2.24, 2.45) is 5.73 Å². The summed E-state index contributed by atoms with van der Waals surface area (Å²) >= 11 is 0. The molecule has 0 bridgehead atoms. The second-order valence-electron chi connectivity index (χ2n) is 4.62. The van der Waals surface area contributed by atoms with Crippen LogP contribution in [0.2, 0.25) is 0 Å². The Morgan fingerprint density at radius 2 is 2.20 bits per heavy atom. The van der Waals surface area contributed by atoms with Gasteiger partial charge in [-0.25, -0.2) is 4.98 Å². The van der Waals surface area contributed by atoms with Crippen LogP contribution in [0.4, 0.5) is 0 Å². The molecule has 4 heteroatoms. The Hall–Kier alpha value is -1.16. The van der Waals surface area contributed by atoms with Gasteiger partial charge in [0.25, 0.3) is 5.56 Å². The van der Waals surface area contributed by atoms with Crippen LogP contribution in [0, 0.1) is 0 Å². The number of fused-ring (bicyclic) bond motifs is 1. The fourth-order valence-electron chi connectivity index (χ4n) is 2.19. The van der Waals surface area contributed by atoms with Crippen molar-refractivity contribution < 1.29 is 0 Å². The van der Waals surface area contributed by atoms with Gasteiger partial charge in [0.05, 0.1) is 5.69 Å². The zero-order valence-electron chi connectivity index (χ0n) is 8.65. The van der Waals surface area contributed by atoms with E-state index in [1.165, 1.54) is 12.8 Å². The summed E-state index contributed by atoms with van der Waals surface area (Å²) in [6.07, 6.45) is 4.17. The molecule has 0 saturated heterocycles. The minimum absolute atomic E-state index is 0.0806. The molecule has 4 nitrogen and oxygen atoms in total. The molecule has 1 aliphatic carbocycles. The van der Waals surface area contributed by atoms with E-state index < -0.39 is 0 Å². The normalized spacial score (nSPS) is 25.0. The van der Waals surface area contributed by atoms with Gasteiger partial charge in [0.2, 0.25) is 0 Å². The largest absolute Gasteiger partial charge is 0.326 e. The van der Waals surface area contributed by atoms with Gasteiger partial charge in [-0.3, -0.25) is 9.36 Å². The molecular formula is C11H15N3O. The Morgan fingerprint density at radius 1 is 1.40 bits per heavy atom. The summed E-state index contributed by atoms with van der Waals surface area (Å²) in [5.74, 6) is 1.49. The number of nitrogens with zero attached hydrogens (tertiary/aromatic N) is 2. The smallest absolute Gasteiger partial charge is 0.253 e. The van der Waals surface area contributed by atoms with Crippen LogP contribution in [-0.2, 0) is 13.0 Å². The molecule has 80 valence electrons. The number of hydrogen-bond donors (Lipinski definition) is 1. The maximum atomic E-state index is 11.8. The highest BCUT2D eigenvalue weighted by Crippen LogP contribution is 2.38. The molecule has 15 heavy (non-hydrogen) atoms. The van der Waals surface area contributed by atoms with Gasteiger partial charge < -0.3 is 5.73 Å². The highest BCUT2D eigenvalue weighted by atomic mass is 16.1. The Bertz CT molecular complexity index is 448. The van der Waals surface area contributed by atoms with E-state index in [-0.39, 0.29) is 11.6 Å². The molecule has 1 atom stereocenters. The zero-order valence-corrected chi connectivity index (χ0v) is 8.65. The first-order valence-electron chi connectivity index (χ1n) is 5.60. The van der Waals surface area contributed by atoms with Crippen LogP contribution in [0.1, 0.15) is 36.7 Å². The fraction of sp³-hybridized carbons (Fsp3) is 0.636. The highest BCUT2D eigenvalue weighted by molar-refractivity contribution is 5.16. The SMILES string of the molecule is NC1CCc2nc(C3CC3)cc(=O)n2C1. The fourth-order valence-corrected chi connectivity index (χ4v) is 2.19. The Labute approximate surface area is 88.1 Å². The number of rotatable bonds is 1. The van der Waals surface area contributed by atoms with Crippen molar-refractivity contribution in [2.75, 3.05) is 0 Å². The molecule has 0 amide bonds. The van der Waals surface area contributed by atoms with Crippen molar-refractivity contribution in [3.63, 3.8) is 0 Å². The molecule has 1 saturated carbocycles. The van der Waals surface area contributed by atoms with Crippen molar-refractivity contribution in [3.8, 4) is 0 Å². The van der Waals surface area contributed by atoms with E-state index >= 15 is 0 Å². The van der Waals surface area contributed by atoms with E-state index in [1.54, 1.807) is 10.6 Å². The van der Waals surface area contributed by atoms with Crippen LogP contribution in [0.15, 0.2) is 10.9 Å². The monoisotopic (exact) mass is 205 g/mol. The van der Waals surface area contributed by atoms with Gasteiger partial charge in [-0.15, -0.1) is 0 Å². The molecule has 1 unspecified atom stereocenters. The molecule has 0 radical (unpaired) electrons. The van der Waals surface area contributed by atoms with Crippen LogP contribution in [-0.4, -0.2) is 15.6 Å². The van der Waals surface area contributed by atoms with E-state index in [0.29, 0.717) is 12.5 Å². The van der Waals surface area contributed by atoms with Crippen molar-refractivity contribution in [3.05, 3.63) is 27.9 Å². The third kappa shape index (κ3) is 1.59. The molecule has 1 aromatic heterocycles. The first-order valence-corrected chi connectivity index (χ1v) is 5.60. The maximum absolute atomic E-state index is 11.8. The lowest BCUT2D eigenvalue weighted by atomic mass is 10.1. The molecular weight excluding hydrogens is 190 g/mol. The van der Waals surface area contributed by atoms with Gasteiger partial charge in [0.15, 0.2) is 0 Å². The first kappa shape index (κ1) is 9.09. The second kappa shape index (κ2) is 3.17. The van der Waals surface area contributed by atoms with Gasteiger partial charge in [0, 0.05) is 31.0 Å². The third-order valence-electron chi connectivity index (χ3n) is 3.26. The van der Waals surface area contributed by atoms with Crippen molar-refractivity contribution in [1.29, 1.82) is 0 Å². The molecule has 2 heterocycles. The maximum Gasteiger partial charge on any atom is 0.253 e. The summed E-state index contributed by atoms with van der Waals surface area (Å²) in [4.78, 5) is 16.4. The lowest BCUT2D eigenvalue weighted by Gasteiger charge is -2.22. The van der Waals surface area contributed by atoms with Crippen molar-refractivity contribution in [2.45, 2.75) is 44.2 Å². The first-order chi connectivity index (χ1) is 7.24. The average molecular weight is 205 g/mol. The summed E-state index contributed by atoms with van der Waals surface area (Å²) in [5, 5.41) is 0. The average Bonchev–Trinajstić information content (AvgIpc) is 3.02. The zero-order chi connectivity index (χ0) is 10.4. The van der Waals surface area contributed by atoms with E-state index in [2.05, 4.69) is 4.98 Å². The number of aryl methyl sites for hydroxylation is 1. The Morgan fingerprint density at radius 3 is 2.93 bits per heavy atom. The van der Waals surface area contributed by atoms with Crippen LogP contribution in [0.25, 0.3) is 0 Å². The minimum Gasteiger partial charge on any atom is -0.326 e. The van der Waals surface area contributed by atoms with Crippen LogP contribution in [0.3, 0.4) is 0 Å². The van der Waals surface area contributed by atoms with E-state index in [0.717, 1.165) is 24.4 Å². The molecule has 1 fully saturated rings. The van der Waals surface area contributed by atoms with Gasteiger partial charge in [-0.05, 0) is 19.3 Å². The molecule has 0 aromatic carbocycles. The number of nitrogens with two attached hydrogens (primary N) is 1. The van der Waals surface area contributed by atoms with Gasteiger partial charge in [-0.1, -0.05) is 0 Å². The van der Waals surface area contributed by atoms with Crippen LogP contribution in [0.5, 0.6) is 0 Å². The summed E-state index contributed by atoms with van der Waals surface area (Å²) in [6.45, 7) is 0.631. The number of aromatic nitrogens is 2. The summed E-state index contributed by atoms with van der Waals surface area (Å²) in [5.41, 5.74) is 6.92. The predicted molar refractivity (Wildman–Crippen MR) is 56.8 cm³/mol. The van der Waals surface area contributed by atoms with Crippen molar-refractivity contribution >= 4 is 0 Å². The standard InChI is InChI=1S/C11H15N3O/c12-8-3-4-10-13-9(7-1-2-7)5-11(15)14(10)6-8/h5,7-8H,1-4,6,12H2. The van der Waals surface area contributed by atoms with Gasteiger partial charge >= 0.3 is 0 Å². The van der Waals surface area contributed by atoms with E-state index in [1.807, 2.05) is 0 Å². The minimum atomic E-state index is 0.0806. The molecule has 3 rings (SSSR count). The van der Waals surface area contributed by atoms with E-state index in [4.69, 9.17) is 5.73 Å². The summed E-state index contributed by atoms with van der Waals surface area (Å²) in [6, 6.07) is 1.81. The molecule has 2 N–H and O–H groups in total. The van der Waals surface area contributed by atoms with Gasteiger partial charge in [-0.2, -0.15) is 0 Å². The lowest BCUT2D eigenvalue weighted by molar-refractivity contribution is 0.432.